The van der Waals surface area contributed by atoms with Gasteiger partial charge in [-0.25, -0.2) is 0 Å². The van der Waals surface area contributed by atoms with Gasteiger partial charge in [-0.1, -0.05) is 30.3 Å². The molecule has 180 valence electrons. The van der Waals surface area contributed by atoms with Gasteiger partial charge < -0.3 is 19.6 Å². The number of benzene rings is 2. The molecule has 0 unspecified atom stereocenters. The van der Waals surface area contributed by atoms with Gasteiger partial charge in [0.15, 0.2) is 0 Å². The van der Waals surface area contributed by atoms with E-state index < -0.39 is 17.7 Å². The standard InChI is InChI=1S/C28H29N3O4/c1-30(2)17-6-18-31-25(21-13-15-29-16-14-21)24(27(33)28(31)34)26(32)22-9-11-23(12-10-22)35-19-20-7-4-3-5-8-20/h3-5,7-16,25,32H,6,17-19H2,1-2H3/t25-/m0/s1. The molecule has 0 spiro atoms. The zero-order valence-corrected chi connectivity index (χ0v) is 19.9. The van der Waals surface area contributed by atoms with E-state index in [1.807, 2.05) is 49.3 Å². The Hall–Kier alpha value is -3.97. The van der Waals surface area contributed by atoms with E-state index in [-0.39, 0.29) is 11.3 Å². The molecule has 1 saturated heterocycles. The fraction of sp³-hybridized carbons (Fsp3) is 0.250. The molecule has 1 amide bonds. The molecule has 0 aliphatic carbocycles. The highest BCUT2D eigenvalue weighted by Gasteiger charge is 2.45. The Morgan fingerprint density at radius 3 is 2.34 bits per heavy atom. The summed E-state index contributed by atoms with van der Waals surface area (Å²) in [5.74, 6) is -0.844. The van der Waals surface area contributed by atoms with Crippen LogP contribution in [0.15, 0.2) is 84.7 Å². The average Bonchev–Trinajstić information content (AvgIpc) is 3.13. The molecule has 7 nitrogen and oxygen atoms in total. The van der Waals surface area contributed by atoms with Gasteiger partial charge >= 0.3 is 0 Å². The Morgan fingerprint density at radius 1 is 1.00 bits per heavy atom. The molecule has 1 aliphatic heterocycles. The predicted molar refractivity (Wildman–Crippen MR) is 134 cm³/mol. The minimum Gasteiger partial charge on any atom is -0.507 e. The van der Waals surface area contributed by atoms with Crippen LogP contribution in [0, 0.1) is 0 Å². The van der Waals surface area contributed by atoms with E-state index in [0.717, 1.165) is 17.7 Å². The predicted octanol–water partition coefficient (Wildman–Crippen LogP) is 4.03. The summed E-state index contributed by atoms with van der Waals surface area (Å²) in [5, 5.41) is 11.2. The number of nitrogens with zero attached hydrogens (tertiary/aromatic N) is 3. The Labute approximate surface area is 205 Å². The highest BCUT2D eigenvalue weighted by Crippen LogP contribution is 2.39. The summed E-state index contributed by atoms with van der Waals surface area (Å²) in [6.07, 6.45) is 3.94. The molecule has 0 radical (unpaired) electrons. The van der Waals surface area contributed by atoms with Crippen LogP contribution in [-0.4, -0.2) is 58.8 Å². The van der Waals surface area contributed by atoms with Gasteiger partial charge in [0.2, 0.25) is 0 Å². The number of ether oxygens (including phenoxy) is 1. The number of aliphatic hydroxyl groups excluding tert-OH is 1. The largest absolute Gasteiger partial charge is 0.507 e. The van der Waals surface area contributed by atoms with Crippen molar-refractivity contribution in [2.75, 3.05) is 27.2 Å². The van der Waals surface area contributed by atoms with Crippen LogP contribution in [0.1, 0.15) is 29.2 Å². The lowest BCUT2D eigenvalue weighted by Gasteiger charge is -2.25. The number of pyridine rings is 1. The van der Waals surface area contributed by atoms with E-state index in [2.05, 4.69) is 4.98 Å². The molecule has 2 heterocycles. The summed E-state index contributed by atoms with van der Waals surface area (Å²) in [7, 11) is 3.92. The number of rotatable bonds is 9. The first-order chi connectivity index (χ1) is 17.0. The number of hydrogen-bond acceptors (Lipinski definition) is 6. The molecule has 3 aromatic rings. The maximum Gasteiger partial charge on any atom is 0.295 e. The van der Waals surface area contributed by atoms with Crippen LogP contribution >= 0.6 is 0 Å². The molecular weight excluding hydrogens is 442 g/mol. The molecule has 0 saturated carbocycles. The monoisotopic (exact) mass is 471 g/mol. The lowest BCUT2D eigenvalue weighted by Crippen LogP contribution is -2.32. The molecule has 35 heavy (non-hydrogen) atoms. The Balaban J connectivity index is 1.61. The first-order valence-electron chi connectivity index (χ1n) is 11.6. The van der Waals surface area contributed by atoms with Crippen molar-refractivity contribution >= 4 is 17.4 Å². The fourth-order valence-corrected chi connectivity index (χ4v) is 4.17. The zero-order chi connectivity index (χ0) is 24.8. The summed E-state index contributed by atoms with van der Waals surface area (Å²) in [6.45, 7) is 1.60. The third-order valence-corrected chi connectivity index (χ3v) is 5.94. The summed E-state index contributed by atoms with van der Waals surface area (Å²) >= 11 is 0. The van der Waals surface area contributed by atoms with Crippen LogP contribution in [0.3, 0.4) is 0 Å². The maximum atomic E-state index is 13.1. The van der Waals surface area contributed by atoms with Gasteiger partial charge in [0.1, 0.15) is 18.1 Å². The number of aliphatic hydroxyl groups is 1. The van der Waals surface area contributed by atoms with Crippen LogP contribution in [0.5, 0.6) is 5.75 Å². The number of likely N-dealkylation sites (tertiary alicyclic amines) is 1. The highest BCUT2D eigenvalue weighted by molar-refractivity contribution is 6.46. The quantitative estimate of drug-likeness (QED) is 0.288. The molecule has 1 N–H and O–H groups in total. The van der Waals surface area contributed by atoms with Gasteiger partial charge in [0, 0.05) is 24.5 Å². The molecule has 1 fully saturated rings. The van der Waals surface area contributed by atoms with Crippen molar-refractivity contribution in [2.45, 2.75) is 19.1 Å². The van der Waals surface area contributed by atoms with E-state index >= 15 is 0 Å². The van der Waals surface area contributed by atoms with Crippen LogP contribution in [-0.2, 0) is 16.2 Å². The Kier molecular flexibility index (Phi) is 7.57. The summed E-state index contributed by atoms with van der Waals surface area (Å²) < 4.78 is 5.82. The van der Waals surface area contributed by atoms with E-state index in [9.17, 15) is 14.7 Å². The van der Waals surface area contributed by atoms with Crippen LogP contribution in [0.4, 0.5) is 0 Å². The molecular formula is C28H29N3O4. The highest BCUT2D eigenvalue weighted by atomic mass is 16.5. The third kappa shape index (κ3) is 5.58. The molecule has 1 aliphatic rings. The number of ketones is 1. The first kappa shape index (κ1) is 24.2. The van der Waals surface area contributed by atoms with Gasteiger partial charge in [-0.05, 0) is 74.6 Å². The van der Waals surface area contributed by atoms with Gasteiger partial charge in [-0.2, -0.15) is 0 Å². The van der Waals surface area contributed by atoms with Crippen molar-refractivity contribution in [1.29, 1.82) is 0 Å². The second kappa shape index (κ2) is 11.0. The van der Waals surface area contributed by atoms with Crippen molar-refractivity contribution in [3.8, 4) is 5.75 Å². The van der Waals surface area contributed by atoms with E-state index in [1.165, 1.54) is 0 Å². The number of amides is 1. The second-order valence-corrected chi connectivity index (χ2v) is 8.73. The Morgan fingerprint density at radius 2 is 1.69 bits per heavy atom. The fourth-order valence-electron chi connectivity index (χ4n) is 4.17. The number of aromatic nitrogens is 1. The van der Waals surface area contributed by atoms with Crippen LogP contribution in [0.2, 0.25) is 0 Å². The van der Waals surface area contributed by atoms with Crippen molar-refractivity contribution in [3.05, 3.63) is 101 Å². The van der Waals surface area contributed by atoms with Gasteiger partial charge in [-0.15, -0.1) is 0 Å². The third-order valence-electron chi connectivity index (χ3n) is 5.94. The number of Topliss-reactive ketones (excluding diaryl/α,β-unsaturated/α-hetero) is 1. The van der Waals surface area contributed by atoms with Gasteiger partial charge in [0.05, 0.1) is 11.6 Å². The lowest BCUT2D eigenvalue weighted by atomic mass is 9.96. The normalized spacial score (nSPS) is 17.2. The minimum atomic E-state index is -0.682. The van der Waals surface area contributed by atoms with Crippen LogP contribution in [0.25, 0.3) is 5.76 Å². The molecule has 2 aromatic carbocycles. The Bertz CT molecular complexity index is 1190. The van der Waals surface area contributed by atoms with Crippen molar-refractivity contribution in [2.24, 2.45) is 0 Å². The summed E-state index contributed by atoms with van der Waals surface area (Å²) in [5.41, 5.74) is 2.31. The summed E-state index contributed by atoms with van der Waals surface area (Å²) in [6, 6.07) is 19.6. The van der Waals surface area contributed by atoms with E-state index in [0.29, 0.717) is 30.9 Å². The van der Waals surface area contributed by atoms with Crippen LogP contribution < -0.4 is 4.74 Å². The summed E-state index contributed by atoms with van der Waals surface area (Å²) in [4.78, 5) is 33.7. The number of hydrogen-bond donors (Lipinski definition) is 1. The second-order valence-electron chi connectivity index (χ2n) is 8.73. The van der Waals surface area contributed by atoms with E-state index in [4.69, 9.17) is 4.74 Å². The molecule has 1 atom stereocenters. The molecule has 0 bridgehead atoms. The average molecular weight is 472 g/mol. The molecule has 4 rings (SSSR count). The lowest BCUT2D eigenvalue weighted by molar-refractivity contribution is -0.139. The van der Waals surface area contributed by atoms with Gasteiger partial charge in [0.25, 0.3) is 11.7 Å². The smallest absolute Gasteiger partial charge is 0.295 e. The minimum absolute atomic E-state index is 0.0870. The van der Waals surface area contributed by atoms with Crippen molar-refractivity contribution in [1.82, 2.24) is 14.8 Å². The van der Waals surface area contributed by atoms with Crippen molar-refractivity contribution < 1.29 is 19.4 Å². The SMILES string of the molecule is CN(C)CCCN1C(=O)C(=O)C(=C(O)c2ccc(OCc3ccccc3)cc2)[C@@H]1c1ccncc1. The zero-order valence-electron chi connectivity index (χ0n) is 19.9. The first-order valence-corrected chi connectivity index (χ1v) is 11.6. The van der Waals surface area contributed by atoms with Gasteiger partial charge in [-0.3, -0.25) is 14.6 Å². The molecule has 7 heteroatoms. The number of carbonyl (C=O) groups excluding carboxylic acids is 2. The van der Waals surface area contributed by atoms with Crippen molar-refractivity contribution in [3.63, 3.8) is 0 Å². The van der Waals surface area contributed by atoms with E-state index in [1.54, 1.807) is 53.7 Å². The maximum absolute atomic E-state index is 13.1. The molecule has 1 aromatic heterocycles. The topological polar surface area (TPSA) is 83.0 Å². The number of carbonyl (C=O) groups is 2.